The Bertz CT molecular complexity index is 517. The summed E-state index contributed by atoms with van der Waals surface area (Å²) in [5.41, 5.74) is 4.00. The Morgan fingerprint density at radius 1 is 1.15 bits per heavy atom. The predicted molar refractivity (Wildman–Crippen MR) is 81.3 cm³/mol. The molecule has 3 rings (SSSR count). The van der Waals surface area contributed by atoms with Crippen molar-refractivity contribution in [3.05, 3.63) is 23.8 Å². The van der Waals surface area contributed by atoms with Gasteiger partial charge in [0.2, 0.25) is 6.79 Å². The topological polar surface area (TPSA) is 55.2 Å². The SMILES string of the molecule is C(=NNC1=NCCCCC1)c1ccc2c(c1)OCO2.Cl. The fourth-order valence-corrected chi connectivity index (χ4v) is 2.14. The summed E-state index contributed by atoms with van der Waals surface area (Å²) in [6, 6.07) is 5.77. The number of nitrogens with one attached hydrogen (secondary N) is 1. The van der Waals surface area contributed by atoms with Gasteiger partial charge in [-0.05, 0) is 36.6 Å². The third-order valence-electron chi connectivity index (χ3n) is 3.18. The van der Waals surface area contributed by atoms with Gasteiger partial charge in [0.1, 0.15) is 5.84 Å². The minimum atomic E-state index is 0. The minimum absolute atomic E-state index is 0. The van der Waals surface area contributed by atoms with Gasteiger partial charge < -0.3 is 9.47 Å². The highest BCUT2D eigenvalue weighted by Gasteiger charge is 2.12. The molecule has 0 saturated carbocycles. The van der Waals surface area contributed by atoms with E-state index in [0.29, 0.717) is 6.79 Å². The molecule has 0 saturated heterocycles. The molecule has 0 atom stereocenters. The molecule has 1 aromatic rings. The zero-order valence-corrected chi connectivity index (χ0v) is 12.0. The van der Waals surface area contributed by atoms with Crippen LogP contribution in [0.3, 0.4) is 0 Å². The van der Waals surface area contributed by atoms with Gasteiger partial charge in [-0.3, -0.25) is 10.4 Å². The quantitative estimate of drug-likeness (QED) is 0.674. The fourth-order valence-electron chi connectivity index (χ4n) is 2.14. The van der Waals surface area contributed by atoms with Gasteiger partial charge in [-0.25, -0.2) is 0 Å². The van der Waals surface area contributed by atoms with Crippen LogP contribution < -0.4 is 14.9 Å². The molecule has 0 amide bonds. The Morgan fingerprint density at radius 3 is 3.00 bits per heavy atom. The second-order valence-corrected chi connectivity index (χ2v) is 4.62. The van der Waals surface area contributed by atoms with Crippen molar-refractivity contribution in [3.63, 3.8) is 0 Å². The molecule has 2 heterocycles. The van der Waals surface area contributed by atoms with E-state index in [-0.39, 0.29) is 12.4 Å². The van der Waals surface area contributed by atoms with Crippen LogP contribution in [0.4, 0.5) is 0 Å². The van der Waals surface area contributed by atoms with Crippen molar-refractivity contribution in [2.45, 2.75) is 25.7 Å². The smallest absolute Gasteiger partial charge is 0.231 e. The van der Waals surface area contributed by atoms with Crippen LogP contribution in [0, 0.1) is 0 Å². The maximum absolute atomic E-state index is 5.32. The molecule has 2 aliphatic heterocycles. The number of hydrogen-bond acceptors (Lipinski definition) is 5. The van der Waals surface area contributed by atoms with Crippen LogP contribution in [-0.4, -0.2) is 25.4 Å². The molecule has 1 aromatic carbocycles. The van der Waals surface area contributed by atoms with E-state index in [2.05, 4.69) is 15.5 Å². The molecule has 0 radical (unpaired) electrons. The van der Waals surface area contributed by atoms with Crippen molar-refractivity contribution >= 4 is 24.5 Å². The second-order valence-electron chi connectivity index (χ2n) is 4.62. The molecule has 6 heteroatoms. The van der Waals surface area contributed by atoms with E-state index in [4.69, 9.17) is 9.47 Å². The minimum Gasteiger partial charge on any atom is -0.454 e. The van der Waals surface area contributed by atoms with E-state index < -0.39 is 0 Å². The monoisotopic (exact) mass is 295 g/mol. The highest BCUT2D eigenvalue weighted by atomic mass is 35.5. The third-order valence-corrected chi connectivity index (χ3v) is 3.18. The molecule has 0 aromatic heterocycles. The first-order valence-electron chi connectivity index (χ1n) is 6.64. The molecule has 0 fully saturated rings. The summed E-state index contributed by atoms with van der Waals surface area (Å²) in [5.74, 6) is 2.54. The average molecular weight is 296 g/mol. The number of benzene rings is 1. The number of amidine groups is 1. The fraction of sp³-hybridized carbons (Fsp3) is 0.429. The number of hydrazone groups is 1. The van der Waals surface area contributed by atoms with Crippen LogP contribution in [0.1, 0.15) is 31.2 Å². The molecule has 108 valence electrons. The van der Waals surface area contributed by atoms with Gasteiger partial charge in [0, 0.05) is 13.0 Å². The Kier molecular flexibility index (Phi) is 5.24. The van der Waals surface area contributed by atoms with Gasteiger partial charge >= 0.3 is 0 Å². The lowest BCUT2D eigenvalue weighted by atomic mass is 10.2. The predicted octanol–water partition coefficient (Wildman–Crippen LogP) is 2.73. The Hall–Kier alpha value is -1.75. The lowest BCUT2D eigenvalue weighted by molar-refractivity contribution is 0.174. The van der Waals surface area contributed by atoms with Crippen LogP contribution >= 0.6 is 12.4 Å². The van der Waals surface area contributed by atoms with Crippen molar-refractivity contribution in [1.29, 1.82) is 0 Å². The lowest BCUT2D eigenvalue weighted by Gasteiger charge is -2.02. The van der Waals surface area contributed by atoms with Crippen LogP contribution in [0.25, 0.3) is 0 Å². The summed E-state index contributed by atoms with van der Waals surface area (Å²) in [5, 5.41) is 4.23. The zero-order valence-electron chi connectivity index (χ0n) is 11.2. The Balaban J connectivity index is 0.00000147. The van der Waals surface area contributed by atoms with Gasteiger partial charge in [0.05, 0.1) is 6.21 Å². The first-order chi connectivity index (χ1) is 9.42. The molecular weight excluding hydrogens is 278 g/mol. The molecule has 2 aliphatic rings. The van der Waals surface area contributed by atoms with E-state index in [0.717, 1.165) is 35.9 Å². The number of aliphatic imine (C=N–C) groups is 1. The molecule has 0 aliphatic carbocycles. The maximum Gasteiger partial charge on any atom is 0.231 e. The van der Waals surface area contributed by atoms with Gasteiger partial charge in [-0.2, -0.15) is 5.10 Å². The summed E-state index contributed by atoms with van der Waals surface area (Å²) in [4.78, 5) is 4.46. The third kappa shape index (κ3) is 3.63. The first-order valence-corrected chi connectivity index (χ1v) is 6.64. The highest BCUT2D eigenvalue weighted by Crippen LogP contribution is 2.31. The molecule has 5 nitrogen and oxygen atoms in total. The summed E-state index contributed by atoms with van der Waals surface area (Å²) < 4.78 is 10.6. The van der Waals surface area contributed by atoms with E-state index in [1.807, 2.05) is 18.2 Å². The molecule has 0 bridgehead atoms. The molecule has 0 unspecified atom stereocenters. The van der Waals surface area contributed by atoms with Crippen molar-refractivity contribution in [2.75, 3.05) is 13.3 Å². The van der Waals surface area contributed by atoms with E-state index in [9.17, 15) is 0 Å². The van der Waals surface area contributed by atoms with Crippen molar-refractivity contribution < 1.29 is 9.47 Å². The Labute approximate surface area is 124 Å². The first kappa shape index (κ1) is 14.7. The van der Waals surface area contributed by atoms with Crippen LogP contribution in [0.2, 0.25) is 0 Å². The largest absolute Gasteiger partial charge is 0.454 e. The standard InChI is InChI=1S/C14H17N3O2.ClH/c1-2-4-14(15-7-3-1)17-16-9-11-5-6-12-13(8-11)19-10-18-12;/h5-6,8-9H,1-4,7,10H2,(H,15,17);1H. The van der Waals surface area contributed by atoms with Gasteiger partial charge in [0.25, 0.3) is 0 Å². The lowest BCUT2D eigenvalue weighted by Crippen LogP contribution is -2.17. The summed E-state index contributed by atoms with van der Waals surface area (Å²) in [7, 11) is 0. The average Bonchev–Trinajstić information content (AvgIpc) is 2.74. The normalized spacial score (nSPS) is 17.3. The highest BCUT2D eigenvalue weighted by molar-refractivity contribution is 5.86. The van der Waals surface area contributed by atoms with E-state index >= 15 is 0 Å². The van der Waals surface area contributed by atoms with Crippen molar-refractivity contribution in [3.8, 4) is 11.5 Å². The summed E-state index contributed by atoms with van der Waals surface area (Å²) >= 11 is 0. The summed E-state index contributed by atoms with van der Waals surface area (Å²) in [6.45, 7) is 1.20. The van der Waals surface area contributed by atoms with E-state index in [1.54, 1.807) is 6.21 Å². The van der Waals surface area contributed by atoms with Crippen molar-refractivity contribution in [1.82, 2.24) is 5.43 Å². The Morgan fingerprint density at radius 2 is 2.05 bits per heavy atom. The van der Waals surface area contributed by atoms with E-state index in [1.165, 1.54) is 19.3 Å². The van der Waals surface area contributed by atoms with Crippen LogP contribution in [0.5, 0.6) is 11.5 Å². The number of hydrogen-bond donors (Lipinski definition) is 1. The zero-order chi connectivity index (χ0) is 12.9. The summed E-state index contributed by atoms with van der Waals surface area (Å²) in [6.07, 6.45) is 6.37. The second kappa shape index (κ2) is 7.14. The molecule has 0 spiro atoms. The van der Waals surface area contributed by atoms with Crippen molar-refractivity contribution in [2.24, 2.45) is 10.1 Å². The number of ether oxygens (including phenoxy) is 2. The maximum atomic E-state index is 5.32. The molecule has 20 heavy (non-hydrogen) atoms. The van der Waals surface area contributed by atoms with Crippen LogP contribution in [0.15, 0.2) is 28.3 Å². The van der Waals surface area contributed by atoms with Gasteiger partial charge in [0.15, 0.2) is 11.5 Å². The molecule has 1 N–H and O–H groups in total. The number of nitrogens with zero attached hydrogens (tertiary/aromatic N) is 2. The van der Waals surface area contributed by atoms with Crippen LogP contribution in [-0.2, 0) is 0 Å². The van der Waals surface area contributed by atoms with Gasteiger partial charge in [-0.15, -0.1) is 12.4 Å². The number of halogens is 1. The number of fused-ring (bicyclic) bond motifs is 1. The number of rotatable bonds is 2. The van der Waals surface area contributed by atoms with Gasteiger partial charge in [-0.1, -0.05) is 6.42 Å². The molecular formula is C14H18ClN3O2.